The maximum Gasteiger partial charge on any atom is 0.234 e. The summed E-state index contributed by atoms with van der Waals surface area (Å²) in [6, 6.07) is 13.0. The van der Waals surface area contributed by atoms with Crippen molar-refractivity contribution in [2.75, 3.05) is 11.1 Å². The fourth-order valence-electron chi connectivity index (χ4n) is 2.61. The summed E-state index contributed by atoms with van der Waals surface area (Å²) in [6.45, 7) is 4.78. The van der Waals surface area contributed by atoms with E-state index in [2.05, 4.69) is 15.5 Å². The van der Waals surface area contributed by atoms with Gasteiger partial charge in [0.15, 0.2) is 11.0 Å². The molecule has 1 amide bonds. The molecule has 0 bridgehead atoms. The van der Waals surface area contributed by atoms with Crippen molar-refractivity contribution in [3.05, 3.63) is 58.1 Å². The van der Waals surface area contributed by atoms with Gasteiger partial charge in [0, 0.05) is 17.1 Å². The van der Waals surface area contributed by atoms with Crippen LogP contribution in [0.15, 0.2) is 47.6 Å². The van der Waals surface area contributed by atoms with Crippen molar-refractivity contribution < 1.29 is 4.79 Å². The lowest BCUT2D eigenvalue weighted by Crippen LogP contribution is -2.15. The van der Waals surface area contributed by atoms with E-state index < -0.39 is 0 Å². The SMILES string of the molecule is CCn1c(SCC(=O)Nc2cc(Cl)ccc2Cl)nnc1-c1ccccc1C. The van der Waals surface area contributed by atoms with Gasteiger partial charge in [-0.15, -0.1) is 10.2 Å². The molecule has 8 heteroatoms. The second kappa shape index (κ2) is 8.78. The zero-order valence-corrected chi connectivity index (χ0v) is 17.2. The molecule has 0 aliphatic heterocycles. The number of hydrogen-bond donors (Lipinski definition) is 1. The Balaban J connectivity index is 1.72. The molecule has 0 spiro atoms. The van der Waals surface area contributed by atoms with E-state index >= 15 is 0 Å². The molecule has 1 heterocycles. The normalized spacial score (nSPS) is 10.8. The Kier molecular flexibility index (Phi) is 6.42. The van der Waals surface area contributed by atoms with E-state index in [1.54, 1.807) is 18.2 Å². The minimum absolute atomic E-state index is 0.188. The average Bonchev–Trinajstić information content (AvgIpc) is 3.06. The number of halogens is 2. The third kappa shape index (κ3) is 4.64. The van der Waals surface area contributed by atoms with E-state index in [1.165, 1.54) is 11.8 Å². The molecule has 1 aromatic heterocycles. The zero-order valence-electron chi connectivity index (χ0n) is 14.9. The van der Waals surface area contributed by atoms with Crippen LogP contribution < -0.4 is 5.32 Å². The molecule has 27 heavy (non-hydrogen) atoms. The highest BCUT2D eigenvalue weighted by Crippen LogP contribution is 2.28. The number of benzene rings is 2. The van der Waals surface area contributed by atoms with E-state index in [1.807, 2.05) is 42.7 Å². The smallest absolute Gasteiger partial charge is 0.234 e. The second-order valence-corrected chi connectivity index (χ2v) is 7.61. The largest absolute Gasteiger partial charge is 0.324 e. The molecule has 140 valence electrons. The number of carbonyl (C=O) groups excluding carboxylic acids is 1. The highest BCUT2D eigenvalue weighted by molar-refractivity contribution is 7.99. The summed E-state index contributed by atoms with van der Waals surface area (Å²) in [5.74, 6) is 0.804. The van der Waals surface area contributed by atoms with Crippen LogP contribution in [0.1, 0.15) is 12.5 Å². The Morgan fingerprint density at radius 1 is 1.19 bits per heavy atom. The molecule has 0 unspecified atom stereocenters. The van der Waals surface area contributed by atoms with Crippen molar-refractivity contribution in [2.24, 2.45) is 0 Å². The van der Waals surface area contributed by atoms with Gasteiger partial charge in [-0.05, 0) is 37.6 Å². The molecule has 0 aliphatic rings. The van der Waals surface area contributed by atoms with Crippen molar-refractivity contribution in [1.29, 1.82) is 0 Å². The molecular weight excluding hydrogens is 403 g/mol. The molecule has 1 N–H and O–H groups in total. The van der Waals surface area contributed by atoms with Crippen LogP contribution in [0.2, 0.25) is 10.0 Å². The van der Waals surface area contributed by atoms with Gasteiger partial charge in [0.05, 0.1) is 16.5 Å². The number of carbonyl (C=O) groups is 1. The summed E-state index contributed by atoms with van der Waals surface area (Å²) in [5.41, 5.74) is 2.66. The van der Waals surface area contributed by atoms with Crippen LogP contribution in [-0.2, 0) is 11.3 Å². The fourth-order valence-corrected chi connectivity index (χ4v) is 3.75. The minimum Gasteiger partial charge on any atom is -0.324 e. The number of rotatable bonds is 6. The lowest BCUT2D eigenvalue weighted by molar-refractivity contribution is -0.113. The molecule has 2 aromatic carbocycles. The van der Waals surface area contributed by atoms with Crippen LogP contribution in [0.3, 0.4) is 0 Å². The number of amides is 1. The first kappa shape index (κ1) is 19.7. The summed E-state index contributed by atoms with van der Waals surface area (Å²) in [5, 5.41) is 13.0. The monoisotopic (exact) mass is 420 g/mol. The predicted molar refractivity (Wildman–Crippen MR) is 112 cm³/mol. The van der Waals surface area contributed by atoms with Crippen LogP contribution in [0, 0.1) is 6.92 Å². The summed E-state index contributed by atoms with van der Waals surface area (Å²) in [7, 11) is 0. The summed E-state index contributed by atoms with van der Waals surface area (Å²) < 4.78 is 2.01. The molecule has 5 nitrogen and oxygen atoms in total. The van der Waals surface area contributed by atoms with Gasteiger partial charge in [0.25, 0.3) is 0 Å². The van der Waals surface area contributed by atoms with E-state index in [0.29, 0.717) is 27.4 Å². The number of hydrogen-bond acceptors (Lipinski definition) is 4. The van der Waals surface area contributed by atoms with Crippen LogP contribution in [0.25, 0.3) is 11.4 Å². The van der Waals surface area contributed by atoms with E-state index in [4.69, 9.17) is 23.2 Å². The summed E-state index contributed by atoms with van der Waals surface area (Å²) in [6.07, 6.45) is 0. The Morgan fingerprint density at radius 3 is 2.70 bits per heavy atom. The third-order valence-corrected chi connectivity index (χ3v) is 5.49. The number of anilines is 1. The number of aromatic nitrogens is 3. The Morgan fingerprint density at radius 2 is 1.96 bits per heavy atom. The molecule has 3 aromatic rings. The van der Waals surface area contributed by atoms with Crippen LogP contribution in [0.5, 0.6) is 0 Å². The van der Waals surface area contributed by atoms with Crippen molar-refractivity contribution in [3.8, 4) is 11.4 Å². The molecular formula is C19H18Cl2N4OS. The van der Waals surface area contributed by atoms with Gasteiger partial charge < -0.3 is 9.88 Å². The molecule has 3 rings (SSSR count). The third-order valence-electron chi connectivity index (χ3n) is 3.95. The van der Waals surface area contributed by atoms with Gasteiger partial charge >= 0.3 is 0 Å². The molecule has 0 atom stereocenters. The minimum atomic E-state index is -0.188. The summed E-state index contributed by atoms with van der Waals surface area (Å²) >= 11 is 13.4. The Hall–Kier alpha value is -2.02. The standard InChI is InChI=1S/C19H18Cl2N4OS/c1-3-25-18(14-7-5-4-6-12(14)2)23-24-19(25)27-11-17(26)22-16-10-13(20)8-9-15(16)21/h4-10H,3,11H2,1-2H3,(H,22,26). The molecule has 0 saturated carbocycles. The van der Waals surface area contributed by atoms with Gasteiger partial charge in [-0.2, -0.15) is 0 Å². The van der Waals surface area contributed by atoms with Gasteiger partial charge in [0.1, 0.15) is 0 Å². The van der Waals surface area contributed by atoms with Gasteiger partial charge in [-0.3, -0.25) is 4.79 Å². The predicted octanol–water partition coefficient (Wildman–Crippen LogP) is 5.31. The van der Waals surface area contributed by atoms with Crippen molar-refractivity contribution in [3.63, 3.8) is 0 Å². The van der Waals surface area contributed by atoms with E-state index in [-0.39, 0.29) is 11.7 Å². The number of nitrogens with zero attached hydrogens (tertiary/aromatic N) is 3. The molecule has 0 radical (unpaired) electrons. The van der Waals surface area contributed by atoms with E-state index in [9.17, 15) is 4.79 Å². The number of nitrogens with one attached hydrogen (secondary N) is 1. The number of aryl methyl sites for hydroxylation is 1. The fraction of sp³-hybridized carbons (Fsp3) is 0.211. The highest BCUT2D eigenvalue weighted by Gasteiger charge is 2.16. The first-order chi connectivity index (χ1) is 13.0. The van der Waals surface area contributed by atoms with Crippen LogP contribution in [-0.4, -0.2) is 26.4 Å². The Bertz CT molecular complexity index is 974. The summed E-state index contributed by atoms with van der Waals surface area (Å²) in [4.78, 5) is 12.3. The lowest BCUT2D eigenvalue weighted by Gasteiger charge is -2.10. The lowest BCUT2D eigenvalue weighted by atomic mass is 10.1. The van der Waals surface area contributed by atoms with Gasteiger partial charge in [0.2, 0.25) is 5.91 Å². The van der Waals surface area contributed by atoms with Crippen LogP contribution >= 0.6 is 35.0 Å². The van der Waals surface area contributed by atoms with Crippen molar-refractivity contribution >= 4 is 46.6 Å². The maximum atomic E-state index is 12.3. The van der Waals surface area contributed by atoms with Gasteiger partial charge in [-0.25, -0.2) is 0 Å². The van der Waals surface area contributed by atoms with Gasteiger partial charge in [-0.1, -0.05) is 59.2 Å². The van der Waals surface area contributed by atoms with Crippen molar-refractivity contribution in [1.82, 2.24) is 14.8 Å². The topological polar surface area (TPSA) is 59.8 Å². The first-order valence-electron chi connectivity index (χ1n) is 8.36. The molecule has 0 aliphatic carbocycles. The first-order valence-corrected chi connectivity index (χ1v) is 10.1. The van der Waals surface area contributed by atoms with E-state index in [0.717, 1.165) is 17.0 Å². The average molecular weight is 421 g/mol. The van der Waals surface area contributed by atoms with Crippen molar-refractivity contribution in [2.45, 2.75) is 25.5 Å². The maximum absolute atomic E-state index is 12.3. The zero-order chi connectivity index (χ0) is 19.4. The Labute approximate surface area is 172 Å². The second-order valence-electron chi connectivity index (χ2n) is 5.83. The number of thioether (sulfide) groups is 1. The molecule has 0 fully saturated rings. The highest BCUT2D eigenvalue weighted by atomic mass is 35.5. The van der Waals surface area contributed by atoms with Crippen LogP contribution in [0.4, 0.5) is 5.69 Å². The molecule has 0 saturated heterocycles. The quantitative estimate of drug-likeness (QED) is 0.548.